The first-order valence-electron chi connectivity index (χ1n) is 9.73. The van der Waals surface area contributed by atoms with Crippen LogP contribution in [0.5, 0.6) is 0 Å². The van der Waals surface area contributed by atoms with Gasteiger partial charge in [-0.3, -0.25) is 4.79 Å². The van der Waals surface area contributed by atoms with Gasteiger partial charge in [-0.2, -0.15) is 0 Å². The molecule has 0 spiro atoms. The molecular formula is C22H34O2. The Morgan fingerprint density at radius 3 is 2.58 bits per heavy atom. The third kappa shape index (κ3) is 2.40. The summed E-state index contributed by atoms with van der Waals surface area (Å²) in [6.45, 7) is 13.2. The SMILES string of the molecule is CC(=O)OC12CC=C3C=C(C(C)C)CCC3C1(C)CCCC2(C)C. The third-order valence-electron chi connectivity index (χ3n) is 7.44. The van der Waals surface area contributed by atoms with Crippen LogP contribution in [0, 0.1) is 22.7 Å². The lowest BCUT2D eigenvalue weighted by Gasteiger charge is -2.64. The number of carbonyl (C=O) groups excluding carboxylic acids is 1. The predicted octanol–water partition coefficient (Wildman–Crippen LogP) is 5.83. The minimum absolute atomic E-state index is 0.0236. The third-order valence-corrected chi connectivity index (χ3v) is 7.44. The van der Waals surface area contributed by atoms with Crippen LogP contribution in [0.15, 0.2) is 23.3 Å². The topological polar surface area (TPSA) is 26.3 Å². The summed E-state index contributed by atoms with van der Waals surface area (Å²) in [6, 6.07) is 0. The van der Waals surface area contributed by atoms with Crippen LogP contribution in [0.4, 0.5) is 0 Å². The average molecular weight is 331 g/mol. The van der Waals surface area contributed by atoms with Crippen LogP contribution in [0.3, 0.4) is 0 Å². The zero-order valence-electron chi connectivity index (χ0n) is 16.4. The van der Waals surface area contributed by atoms with Gasteiger partial charge < -0.3 is 4.74 Å². The molecular weight excluding hydrogens is 296 g/mol. The molecule has 3 rings (SSSR count). The van der Waals surface area contributed by atoms with E-state index in [-0.39, 0.29) is 22.4 Å². The molecule has 2 nitrogen and oxygen atoms in total. The molecule has 0 aromatic rings. The van der Waals surface area contributed by atoms with Gasteiger partial charge in [0.1, 0.15) is 5.60 Å². The highest BCUT2D eigenvalue weighted by atomic mass is 16.6. The largest absolute Gasteiger partial charge is 0.458 e. The number of hydrogen-bond donors (Lipinski definition) is 0. The van der Waals surface area contributed by atoms with Crippen molar-refractivity contribution in [1.82, 2.24) is 0 Å². The van der Waals surface area contributed by atoms with Gasteiger partial charge in [0.25, 0.3) is 0 Å². The Kier molecular flexibility index (Phi) is 4.25. The van der Waals surface area contributed by atoms with Crippen LogP contribution >= 0.6 is 0 Å². The fourth-order valence-electron chi connectivity index (χ4n) is 6.05. The fourth-order valence-corrected chi connectivity index (χ4v) is 6.05. The van der Waals surface area contributed by atoms with Gasteiger partial charge in [-0.1, -0.05) is 58.8 Å². The Morgan fingerprint density at radius 2 is 1.96 bits per heavy atom. The van der Waals surface area contributed by atoms with Crippen molar-refractivity contribution in [3.05, 3.63) is 23.3 Å². The maximum absolute atomic E-state index is 12.0. The van der Waals surface area contributed by atoms with Crippen molar-refractivity contribution in [3.63, 3.8) is 0 Å². The maximum atomic E-state index is 12.0. The highest BCUT2D eigenvalue weighted by molar-refractivity contribution is 5.67. The summed E-state index contributed by atoms with van der Waals surface area (Å²) in [4.78, 5) is 12.0. The van der Waals surface area contributed by atoms with E-state index in [2.05, 4.69) is 46.8 Å². The average Bonchev–Trinajstić information content (AvgIpc) is 2.48. The second-order valence-corrected chi connectivity index (χ2v) is 9.45. The van der Waals surface area contributed by atoms with Crippen LogP contribution < -0.4 is 0 Å². The first-order valence-corrected chi connectivity index (χ1v) is 9.73. The Labute approximate surface area is 147 Å². The summed E-state index contributed by atoms with van der Waals surface area (Å²) >= 11 is 0. The normalized spacial score (nSPS) is 37.9. The van der Waals surface area contributed by atoms with E-state index < -0.39 is 0 Å². The van der Waals surface area contributed by atoms with Gasteiger partial charge in [-0.15, -0.1) is 0 Å². The van der Waals surface area contributed by atoms with Gasteiger partial charge >= 0.3 is 5.97 Å². The summed E-state index contributed by atoms with van der Waals surface area (Å²) in [5, 5.41) is 0. The minimum Gasteiger partial charge on any atom is -0.458 e. The molecule has 0 radical (unpaired) electrons. The Hall–Kier alpha value is -1.05. The van der Waals surface area contributed by atoms with E-state index in [4.69, 9.17) is 4.74 Å². The number of fused-ring (bicyclic) bond motifs is 3. The predicted molar refractivity (Wildman–Crippen MR) is 98.6 cm³/mol. The van der Waals surface area contributed by atoms with E-state index in [1.807, 2.05) is 0 Å². The molecule has 3 aliphatic rings. The van der Waals surface area contributed by atoms with Gasteiger partial charge in [0.05, 0.1) is 0 Å². The molecule has 24 heavy (non-hydrogen) atoms. The molecule has 0 amide bonds. The summed E-state index contributed by atoms with van der Waals surface area (Å²) in [6.07, 6.45) is 11.6. The highest BCUT2D eigenvalue weighted by Crippen LogP contribution is 2.65. The molecule has 0 heterocycles. The number of rotatable bonds is 2. The van der Waals surface area contributed by atoms with E-state index in [1.54, 1.807) is 12.5 Å². The summed E-state index contributed by atoms with van der Waals surface area (Å²) in [5.41, 5.74) is 2.80. The van der Waals surface area contributed by atoms with E-state index in [0.717, 1.165) is 19.3 Å². The molecule has 1 fully saturated rings. The maximum Gasteiger partial charge on any atom is 0.303 e. The Bertz CT molecular complexity index is 595. The van der Waals surface area contributed by atoms with Crippen molar-refractivity contribution in [1.29, 1.82) is 0 Å². The zero-order valence-corrected chi connectivity index (χ0v) is 16.4. The van der Waals surface area contributed by atoms with Crippen molar-refractivity contribution in [3.8, 4) is 0 Å². The summed E-state index contributed by atoms with van der Waals surface area (Å²) in [7, 11) is 0. The lowest BCUT2D eigenvalue weighted by molar-refractivity contribution is -0.230. The summed E-state index contributed by atoms with van der Waals surface area (Å²) in [5.74, 6) is 1.03. The molecule has 0 aromatic carbocycles. The monoisotopic (exact) mass is 330 g/mol. The fraction of sp³-hybridized carbons (Fsp3) is 0.773. The molecule has 0 bridgehead atoms. The molecule has 2 heteroatoms. The Balaban J connectivity index is 2.10. The van der Waals surface area contributed by atoms with Crippen LogP contribution in [-0.2, 0) is 9.53 Å². The van der Waals surface area contributed by atoms with Crippen LogP contribution in [0.1, 0.15) is 80.1 Å². The number of allylic oxidation sites excluding steroid dienone is 3. The number of ether oxygens (including phenoxy) is 1. The standard InChI is InChI=1S/C22H34O2/c1-15(2)17-8-9-19-18(14-17)10-13-22(24-16(3)23)20(4,5)11-7-12-21(19,22)6/h10,14-15,19H,7-9,11-13H2,1-6H3. The molecule has 3 atom stereocenters. The molecule has 0 aliphatic heterocycles. The van der Waals surface area contributed by atoms with E-state index in [9.17, 15) is 4.79 Å². The molecule has 3 aliphatic carbocycles. The number of esters is 1. The smallest absolute Gasteiger partial charge is 0.303 e. The first-order chi connectivity index (χ1) is 11.1. The van der Waals surface area contributed by atoms with Gasteiger partial charge in [0, 0.05) is 24.2 Å². The van der Waals surface area contributed by atoms with Crippen molar-refractivity contribution >= 4 is 5.97 Å². The van der Waals surface area contributed by atoms with Gasteiger partial charge in [-0.05, 0) is 43.1 Å². The zero-order chi connectivity index (χ0) is 17.8. The number of hydrogen-bond acceptors (Lipinski definition) is 2. The molecule has 0 saturated heterocycles. The highest BCUT2D eigenvalue weighted by Gasteiger charge is 2.65. The molecule has 134 valence electrons. The Morgan fingerprint density at radius 1 is 1.25 bits per heavy atom. The quantitative estimate of drug-likeness (QED) is 0.596. The molecule has 0 aromatic heterocycles. The number of carbonyl (C=O) groups is 1. The summed E-state index contributed by atoms with van der Waals surface area (Å²) < 4.78 is 6.22. The molecule has 3 unspecified atom stereocenters. The van der Waals surface area contributed by atoms with Crippen LogP contribution in [0.25, 0.3) is 0 Å². The lowest BCUT2D eigenvalue weighted by Crippen LogP contribution is -2.65. The second kappa shape index (κ2) is 5.75. The van der Waals surface area contributed by atoms with Gasteiger partial charge in [0.15, 0.2) is 0 Å². The van der Waals surface area contributed by atoms with Gasteiger partial charge in [0.2, 0.25) is 0 Å². The lowest BCUT2D eigenvalue weighted by atomic mass is 9.44. The molecule has 1 saturated carbocycles. The van der Waals surface area contributed by atoms with Crippen molar-refractivity contribution in [2.24, 2.45) is 22.7 Å². The first kappa shape index (κ1) is 17.8. The van der Waals surface area contributed by atoms with Crippen molar-refractivity contribution < 1.29 is 9.53 Å². The van der Waals surface area contributed by atoms with E-state index >= 15 is 0 Å². The van der Waals surface area contributed by atoms with E-state index in [1.165, 1.54) is 24.8 Å². The van der Waals surface area contributed by atoms with Gasteiger partial charge in [-0.25, -0.2) is 0 Å². The molecule has 0 N–H and O–H groups in total. The van der Waals surface area contributed by atoms with E-state index in [0.29, 0.717) is 11.8 Å². The van der Waals surface area contributed by atoms with Crippen LogP contribution in [-0.4, -0.2) is 11.6 Å². The minimum atomic E-state index is -0.360. The second-order valence-electron chi connectivity index (χ2n) is 9.45. The van der Waals surface area contributed by atoms with Crippen molar-refractivity contribution in [2.75, 3.05) is 0 Å². The van der Waals surface area contributed by atoms with Crippen LogP contribution in [0.2, 0.25) is 0 Å². The van der Waals surface area contributed by atoms with Crippen molar-refractivity contribution in [2.45, 2.75) is 85.7 Å².